The molecule has 3 rings (SSSR count). The summed E-state index contributed by atoms with van der Waals surface area (Å²) in [6.07, 6.45) is 0.251. The fourth-order valence-electron chi connectivity index (χ4n) is 4.25. The number of sulfonamides is 1. The molecule has 0 aliphatic rings. The summed E-state index contributed by atoms with van der Waals surface area (Å²) in [6.45, 7) is 6.52. The lowest BCUT2D eigenvalue weighted by Gasteiger charge is -2.35. The van der Waals surface area contributed by atoms with Gasteiger partial charge in [0.05, 0.1) is 17.7 Å². The number of rotatable bonds is 11. The van der Waals surface area contributed by atoms with E-state index in [4.69, 9.17) is 16.3 Å². The summed E-state index contributed by atoms with van der Waals surface area (Å²) in [4.78, 5) is 28.8. The summed E-state index contributed by atoms with van der Waals surface area (Å²) in [5, 5.41) is 3.14. The van der Waals surface area contributed by atoms with Crippen LogP contribution in [0.25, 0.3) is 0 Å². The molecular formula is C30H35ClFN3O5S. The highest BCUT2D eigenvalue weighted by Gasteiger charge is 2.35. The van der Waals surface area contributed by atoms with Gasteiger partial charge >= 0.3 is 0 Å². The number of hydrogen-bond donors (Lipinski definition) is 1. The number of carbonyl (C=O) groups excluding carboxylic acids is 2. The third-order valence-electron chi connectivity index (χ3n) is 6.17. The number of amides is 2. The van der Waals surface area contributed by atoms with Crippen molar-refractivity contribution in [3.63, 3.8) is 0 Å². The van der Waals surface area contributed by atoms with Crippen LogP contribution in [0.1, 0.15) is 39.7 Å². The second kappa shape index (κ2) is 13.4. The van der Waals surface area contributed by atoms with Crippen molar-refractivity contribution in [2.75, 3.05) is 18.0 Å². The van der Waals surface area contributed by atoms with Gasteiger partial charge in [-0.3, -0.25) is 13.9 Å². The van der Waals surface area contributed by atoms with Crippen LogP contribution in [0.5, 0.6) is 5.75 Å². The van der Waals surface area contributed by atoms with Gasteiger partial charge in [-0.1, -0.05) is 48.9 Å². The molecule has 0 fully saturated rings. The van der Waals surface area contributed by atoms with Crippen LogP contribution >= 0.6 is 11.6 Å². The number of hydrogen-bond acceptors (Lipinski definition) is 5. The molecule has 0 aliphatic heterocycles. The Hall–Kier alpha value is -3.63. The summed E-state index contributed by atoms with van der Waals surface area (Å²) in [5.74, 6) is -1.30. The largest absolute Gasteiger partial charge is 0.495 e. The molecule has 0 heterocycles. The Morgan fingerprint density at radius 1 is 1.02 bits per heavy atom. The van der Waals surface area contributed by atoms with E-state index in [1.54, 1.807) is 31.2 Å². The van der Waals surface area contributed by atoms with Crippen LogP contribution in [0.2, 0.25) is 5.02 Å². The Labute approximate surface area is 246 Å². The molecule has 0 saturated carbocycles. The highest BCUT2D eigenvalue weighted by atomic mass is 35.5. The van der Waals surface area contributed by atoms with E-state index in [2.05, 4.69) is 5.32 Å². The van der Waals surface area contributed by atoms with Gasteiger partial charge in [0.15, 0.2) is 0 Å². The van der Waals surface area contributed by atoms with E-state index in [9.17, 15) is 22.4 Å². The number of anilines is 1. The molecule has 0 aliphatic carbocycles. The molecule has 0 spiro atoms. The van der Waals surface area contributed by atoms with Crippen molar-refractivity contribution in [2.24, 2.45) is 0 Å². The van der Waals surface area contributed by atoms with E-state index in [1.165, 1.54) is 60.5 Å². The average Bonchev–Trinajstić information content (AvgIpc) is 2.92. The van der Waals surface area contributed by atoms with E-state index in [1.807, 2.05) is 20.8 Å². The molecule has 8 nitrogen and oxygen atoms in total. The van der Waals surface area contributed by atoms with Gasteiger partial charge in [-0.15, -0.1) is 0 Å². The maximum Gasteiger partial charge on any atom is 0.264 e. The molecule has 2 amide bonds. The standard InChI is InChI=1S/C30H35ClFN3O5S/c1-6-25(29(37)33-30(2,3)4)34(19-21-12-15-23(32)16-13-21)28(36)20-35(26-18-22(31)14-17-27(26)40-5)41(38,39)24-10-8-7-9-11-24/h7-18,25H,6,19-20H2,1-5H3,(H,33,37)/t25-/m1/s1. The van der Waals surface area contributed by atoms with Gasteiger partial charge in [0.25, 0.3) is 10.0 Å². The SMILES string of the molecule is CC[C@H](C(=O)NC(C)(C)C)N(Cc1ccc(F)cc1)C(=O)CN(c1cc(Cl)ccc1OC)S(=O)(=O)c1ccccc1. The monoisotopic (exact) mass is 603 g/mol. The van der Waals surface area contributed by atoms with Crippen LogP contribution in [0.4, 0.5) is 10.1 Å². The average molecular weight is 604 g/mol. The molecule has 41 heavy (non-hydrogen) atoms. The van der Waals surface area contributed by atoms with Gasteiger partial charge in [-0.25, -0.2) is 12.8 Å². The van der Waals surface area contributed by atoms with Crippen molar-refractivity contribution in [2.45, 2.75) is 57.1 Å². The summed E-state index contributed by atoms with van der Waals surface area (Å²) in [6, 6.07) is 16.8. The minimum atomic E-state index is -4.29. The number of halogens is 2. The van der Waals surface area contributed by atoms with Crippen LogP contribution in [-0.2, 0) is 26.2 Å². The lowest BCUT2D eigenvalue weighted by Crippen LogP contribution is -2.55. The molecular weight excluding hydrogens is 569 g/mol. The minimum Gasteiger partial charge on any atom is -0.495 e. The molecule has 0 aromatic heterocycles. The third kappa shape index (κ3) is 8.20. The molecule has 1 atom stereocenters. The van der Waals surface area contributed by atoms with Crippen molar-refractivity contribution < 1.29 is 27.1 Å². The van der Waals surface area contributed by atoms with Crippen LogP contribution < -0.4 is 14.4 Å². The highest BCUT2D eigenvalue weighted by Crippen LogP contribution is 2.35. The fourth-order valence-corrected chi connectivity index (χ4v) is 5.85. The molecule has 11 heteroatoms. The number of carbonyl (C=O) groups is 2. The van der Waals surface area contributed by atoms with Crippen LogP contribution in [0.3, 0.4) is 0 Å². The van der Waals surface area contributed by atoms with Gasteiger partial charge < -0.3 is 15.0 Å². The van der Waals surface area contributed by atoms with Crippen molar-refractivity contribution in [1.82, 2.24) is 10.2 Å². The lowest BCUT2D eigenvalue weighted by molar-refractivity contribution is -0.141. The maximum atomic E-state index is 14.1. The van der Waals surface area contributed by atoms with Gasteiger partial charge in [0.1, 0.15) is 24.2 Å². The predicted octanol–water partition coefficient (Wildman–Crippen LogP) is 5.41. The van der Waals surface area contributed by atoms with Crippen LogP contribution in [0.15, 0.2) is 77.7 Å². The lowest BCUT2D eigenvalue weighted by atomic mass is 10.1. The summed E-state index contributed by atoms with van der Waals surface area (Å²) in [5.41, 5.74) is 0.0528. The van der Waals surface area contributed by atoms with Gasteiger partial charge in [0, 0.05) is 17.1 Å². The minimum absolute atomic E-state index is 0.0440. The Bertz CT molecular complexity index is 1460. The zero-order chi connectivity index (χ0) is 30.4. The molecule has 3 aromatic rings. The summed E-state index contributed by atoms with van der Waals surface area (Å²) < 4.78 is 47.9. The quantitative estimate of drug-likeness (QED) is 0.316. The van der Waals surface area contributed by atoms with Gasteiger partial charge in [-0.2, -0.15) is 0 Å². The zero-order valence-corrected chi connectivity index (χ0v) is 25.3. The van der Waals surface area contributed by atoms with Crippen molar-refractivity contribution in [1.29, 1.82) is 0 Å². The Morgan fingerprint density at radius 3 is 2.22 bits per heavy atom. The Morgan fingerprint density at radius 2 is 1.66 bits per heavy atom. The van der Waals surface area contributed by atoms with E-state index >= 15 is 0 Å². The summed E-state index contributed by atoms with van der Waals surface area (Å²) in [7, 11) is -2.91. The number of methoxy groups -OCH3 is 1. The second-order valence-electron chi connectivity index (χ2n) is 10.5. The topological polar surface area (TPSA) is 96.0 Å². The normalized spacial score (nSPS) is 12.4. The number of nitrogens with zero attached hydrogens (tertiary/aromatic N) is 2. The molecule has 0 unspecified atom stereocenters. The third-order valence-corrected chi connectivity index (χ3v) is 8.18. The second-order valence-corrected chi connectivity index (χ2v) is 12.8. The predicted molar refractivity (Wildman–Crippen MR) is 158 cm³/mol. The molecule has 0 radical (unpaired) electrons. The Balaban J connectivity index is 2.12. The highest BCUT2D eigenvalue weighted by molar-refractivity contribution is 7.92. The van der Waals surface area contributed by atoms with Crippen molar-refractivity contribution in [3.05, 3.63) is 89.2 Å². The van der Waals surface area contributed by atoms with E-state index < -0.39 is 45.8 Å². The van der Waals surface area contributed by atoms with Gasteiger partial charge in [0.2, 0.25) is 11.8 Å². The van der Waals surface area contributed by atoms with E-state index in [0.29, 0.717) is 5.56 Å². The number of ether oxygens (including phenoxy) is 1. The fraction of sp³-hybridized carbons (Fsp3) is 0.333. The summed E-state index contributed by atoms with van der Waals surface area (Å²) >= 11 is 6.25. The zero-order valence-electron chi connectivity index (χ0n) is 23.7. The number of nitrogens with one attached hydrogen (secondary N) is 1. The molecule has 1 N–H and O–H groups in total. The number of benzene rings is 3. The van der Waals surface area contributed by atoms with E-state index in [-0.39, 0.29) is 34.3 Å². The first-order valence-corrected chi connectivity index (χ1v) is 14.9. The van der Waals surface area contributed by atoms with Crippen LogP contribution in [0, 0.1) is 5.82 Å². The first-order chi connectivity index (χ1) is 19.3. The first-order valence-electron chi connectivity index (χ1n) is 13.0. The van der Waals surface area contributed by atoms with Crippen molar-refractivity contribution in [3.8, 4) is 5.75 Å². The van der Waals surface area contributed by atoms with Crippen LogP contribution in [-0.4, -0.2) is 50.4 Å². The molecule has 0 saturated heterocycles. The first kappa shape index (κ1) is 31.9. The van der Waals surface area contributed by atoms with E-state index in [0.717, 1.165) is 4.31 Å². The molecule has 0 bridgehead atoms. The van der Waals surface area contributed by atoms with Crippen molar-refractivity contribution >= 4 is 39.1 Å². The maximum absolute atomic E-state index is 14.1. The van der Waals surface area contributed by atoms with Gasteiger partial charge in [-0.05, 0) is 75.2 Å². The molecule has 220 valence electrons. The Kier molecular flexibility index (Phi) is 10.4. The smallest absolute Gasteiger partial charge is 0.264 e. The molecule has 3 aromatic carbocycles.